The van der Waals surface area contributed by atoms with Gasteiger partial charge in [0.05, 0.1) is 13.2 Å². The molecule has 41 heavy (non-hydrogen) atoms. The molecule has 3 aromatic rings. The summed E-state index contributed by atoms with van der Waals surface area (Å²) in [7, 11) is 0. The number of unbranched alkanes of at least 4 members (excludes halogenated alkanes) is 2. The van der Waals surface area contributed by atoms with Gasteiger partial charge in [0.2, 0.25) is 0 Å². The molecule has 4 heteroatoms. The Morgan fingerprint density at radius 2 is 1.12 bits per heavy atom. The highest BCUT2D eigenvalue weighted by Crippen LogP contribution is 2.45. The number of aliphatic hydroxyl groups is 1. The molecule has 0 aliphatic carbocycles. The molecule has 4 nitrogen and oxygen atoms in total. The van der Waals surface area contributed by atoms with E-state index in [0.717, 1.165) is 42.4 Å². The molecule has 1 atom stereocenters. The van der Waals surface area contributed by atoms with Gasteiger partial charge >= 0.3 is 0 Å². The molecule has 0 bridgehead atoms. The maximum atomic E-state index is 13.1. The van der Waals surface area contributed by atoms with Gasteiger partial charge in [-0.15, -0.1) is 0 Å². The highest BCUT2D eigenvalue weighted by molar-refractivity contribution is 5.54. The van der Waals surface area contributed by atoms with Crippen molar-refractivity contribution in [2.24, 2.45) is 5.73 Å². The van der Waals surface area contributed by atoms with Crippen LogP contribution in [-0.2, 0) is 22.9 Å². The third-order valence-electron chi connectivity index (χ3n) is 7.86. The van der Waals surface area contributed by atoms with Gasteiger partial charge < -0.3 is 20.3 Å². The monoisotopic (exact) mass is 559 g/mol. The zero-order valence-corrected chi connectivity index (χ0v) is 26.7. The molecule has 1 unspecified atom stereocenters. The van der Waals surface area contributed by atoms with Crippen molar-refractivity contribution in [2.45, 2.75) is 110 Å². The van der Waals surface area contributed by atoms with Crippen molar-refractivity contribution in [2.75, 3.05) is 13.2 Å². The Morgan fingerprint density at radius 3 is 1.51 bits per heavy atom. The topological polar surface area (TPSA) is 64.7 Å². The summed E-state index contributed by atoms with van der Waals surface area (Å²) in [6, 6.07) is 21.9. The van der Waals surface area contributed by atoms with Crippen LogP contribution in [0.3, 0.4) is 0 Å². The third kappa shape index (κ3) is 8.14. The molecule has 0 heterocycles. The van der Waals surface area contributed by atoms with Gasteiger partial charge in [-0.3, -0.25) is 0 Å². The molecule has 0 amide bonds. The maximum Gasteiger partial charge on any atom is 0.137 e. The van der Waals surface area contributed by atoms with Gasteiger partial charge in [0, 0.05) is 17.2 Å². The highest BCUT2D eigenvalue weighted by Gasteiger charge is 2.43. The van der Waals surface area contributed by atoms with Crippen LogP contribution < -0.4 is 15.2 Å². The minimum Gasteiger partial charge on any atom is -0.493 e. The summed E-state index contributed by atoms with van der Waals surface area (Å²) in [5, 5.41) is 13.1. The van der Waals surface area contributed by atoms with Crippen molar-refractivity contribution in [3.05, 3.63) is 94.5 Å². The first-order chi connectivity index (χ1) is 19.3. The van der Waals surface area contributed by atoms with Gasteiger partial charge in [-0.2, -0.15) is 0 Å². The molecule has 0 saturated carbocycles. The van der Waals surface area contributed by atoms with Crippen LogP contribution in [0.2, 0.25) is 0 Å². The van der Waals surface area contributed by atoms with Crippen LogP contribution in [0.4, 0.5) is 0 Å². The van der Waals surface area contributed by atoms with Crippen LogP contribution in [0.5, 0.6) is 11.5 Å². The van der Waals surface area contributed by atoms with Crippen LogP contribution in [0, 0.1) is 0 Å². The molecular formula is C37H53NO3. The van der Waals surface area contributed by atoms with Crippen molar-refractivity contribution in [1.82, 2.24) is 0 Å². The van der Waals surface area contributed by atoms with Crippen molar-refractivity contribution in [3.8, 4) is 11.5 Å². The van der Waals surface area contributed by atoms with E-state index in [9.17, 15) is 5.11 Å². The molecule has 3 N–H and O–H groups in total. The van der Waals surface area contributed by atoms with E-state index >= 15 is 0 Å². The van der Waals surface area contributed by atoms with Gasteiger partial charge in [-0.05, 0) is 58.9 Å². The van der Waals surface area contributed by atoms with E-state index in [4.69, 9.17) is 15.2 Å². The summed E-state index contributed by atoms with van der Waals surface area (Å²) >= 11 is 0. The maximum absolute atomic E-state index is 13.1. The number of benzene rings is 3. The minimum absolute atomic E-state index is 0.0750. The second-order valence-corrected chi connectivity index (χ2v) is 13.4. The first-order valence-corrected chi connectivity index (χ1v) is 15.4. The smallest absolute Gasteiger partial charge is 0.137 e. The number of ether oxygens (including phenoxy) is 2. The van der Waals surface area contributed by atoms with E-state index in [1.807, 2.05) is 30.3 Å². The van der Waals surface area contributed by atoms with Gasteiger partial charge in [0.15, 0.2) is 0 Å². The molecule has 0 saturated heterocycles. The van der Waals surface area contributed by atoms with E-state index in [1.54, 1.807) is 0 Å². The predicted molar refractivity (Wildman–Crippen MR) is 172 cm³/mol. The Kier molecular flexibility index (Phi) is 11.1. The summed E-state index contributed by atoms with van der Waals surface area (Å²) < 4.78 is 12.9. The lowest BCUT2D eigenvalue weighted by molar-refractivity contribution is 0.0451. The van der Waals surface area contributed by atoms with Crippen molar-refractivity contribution in [1.29, 1.82) is 0 Å². The lowest BCUT2D eigenvalue weighted by Gasteiger charge is -2.38. The highest BCUT2D eigenvalue weighted by atomic mass is 16.5. The van der Waals surface area contributed by atoms with Crippen molar-refractivity contribution in [3.63, 3.8) is 0 Å². The lowest BCUT2D eigenvalue weighted by atomic mass is 9.75. The third-order valence-corrected chi connectivity index (χ3v) is 7.86. The van der Waals surface area contributed by atoms with Crippen LogP contribution in [0.1, 0.15) is 109 Å². The molecule has 0 radical (unpaired) electrons. The number of hydrogen-bond acceptors (Lipinski definition) is 4. The fourth-order valence-electron chi connectivity index (χ4n) is 5.06. The second-order valence-electron chi connectivity index (χ2n) is 13.4. The Labute approximate surface area is 249 Å². The second kappa shape index (κ2) is 13.9. The summed E-state index contributed by atoms with van der Waals surface area (Å²) in [6.45, 7) is 18.6. The predicted octanol–water partition coefficient (Wildman–Crippen LogP) is 8.45. The number of rotatable bonds is 13. The van der Waals surface area contributed by atoms with E-state index in [-0.39, 0.29) is 10.8 Å². The summed E-state index contributed by atoms with van der Waals surface area (Å²) in [6.07, 6.45) is 4.40. The van der Waals surface area contributed by atoms with Gasteiger partial charge in [0.1, 0.15) is 17.1 Å². The van der Waals surface area contributed by atoms with Gasteiger partial charge in [0.25, 0.3) is 0 Å². The fraction of sp³-hybridized carbons (Fsp3) is 0.514. The first-order valence-electron chi connectivity index (χ1n) is 15.4. The zero-order valence-electron chi connectivity index (χ0n) is 26.7. The molecule has 0 aromatic heterocycles. The van der Waals surface area contributed by atoms with Crippen LogP contribution in [0.25, 0.3) is 0 Å². The summed E-state index contributed by atoms with van der Waals surface area (Å²) in [5.41, 5.74) is 10.1. The Balaban J connectivity index is 2.29. The van der Waals surface area contributed by atoms with Crippen LogP contribution in [0.15, 0.2) is 66.7 Å². The minimum atomic E-state index is -1.56. The lowest BCUT2D eigenvalue weighted by Crippen LogP contribution is -2.48. The SMILES string of the molecule is CCCCOc1cc(C(C)(C)C)ccc1C(O)(c1ccc(C(C)(C)C)cc1OCCCC)C(N)Cc1ccccc1. The van der Waals surface area contributed by atoms with Crippen molar-refractivity contribution >= 4 is 0 Å². The molecule has 0 spiro atoms. The zero-order chi connectivity index (χ0) is 30.3. The number of hydrogen-bond donors (Lipinski definition) is 2. The standard InChI is InChI=1S/C37H53NO3/c1-9-11-22-40-32-25-28(35(3,4)5)18-20-30(32)37(39,34(38)24-27-16-14-13-15-17-27)31-21-19-29(36(6,7)8)26-33(31)41-23-12-10-2/h13-21,25-26,34,39H,9-12,22-24,38H2,1-8H3. The van der Waals surface area contributed by atoms with Crippen LogP contribution >= 0.6 is 0 Å². The fourth-order valence-corrected chi connectivity index (χ4v) is 5.06. The van der Waals surface area contributed by atoms with Crippen molar-refractivity contribution < 1.29 is 14.6 Å². The van der Waals surface area contributed by atoms with E-state index < -0.39 is 11.6 Å². The molecule has 0 aliphatic heterocycles. The summed E-state index contributed by atoms with van der Waals surface area (Å²) in [4.78, 5) is 0. The Morgan fingerprint density at radius 1 is 0.683 bits per heavy atom. The van der Waals surface area contributed by atoms with E-state index in [0.29, 0.717) is 42.3 Å². The largest absolute Gasteiger partial charge is 0.493 e. The molecule has 0 fully saturated rings. The quantitative estimate of drug-likeness (QED) is 0.206. The average molecular weight is 560 g/mol. The number of nitrogens with two attached hydrogens (primary N) is 1. The molecule has 3 aromatic carbocycles. The van der Waals surface area contributed by atoms with E-state index in [2.05, 4.69) is 91.8 Å². The summed E-state index contributed by atoms with van der Waals surface area (Å²) in [5.74, 6) is 1.35. The first kappa shape index (κ1) is 32.7. The normalized spacial score (nSPS) is 13.2. The van der Waals surface area contributed by atoms with Gasteiger partial charge in [-0.25, -0.2) is 0 Å². The molecule has 3 rings (SSSR count). The van der Waals surface area contributed by atoms with Gasteiger partial charge in [-0.1, -0.05) is 123 Å². The Bertz CT molecular complexity index is 1170. The molecule has 0 aliphatic rings. The van der Waals surface area contributed by atoms with Crippen LogP contribution in [-0.4, -0.2) is 24.4 Å². The van der Waals surface area contributed by atoms with E-state index in [1.165, 1.54) is 0 Å². The molecule has 224 valence electrons. The molecular weight excluding hydrogens is 506 g/mol. The Hall–Kier alpha value is -2.82. The average Bonchev–Trinajstić information content (AvgIpc) is 2.92.